The van der Waals surface area contributed by atoms with Gasteiger partial charge in [0.25, 0.3) is 0 Å². The van der Waals surface area contributed by atoms with Gasteiger partial charge >= 0.3 is 0 Å². The molecule has 6 nitrogen and oxygen atoms in total. The second kappa shape index (κ2) is 8.54. The average Bonchev–Trinajstić information content (AvgIpc) is 3.42. The zero-order chi connectivity index (χ0) is 18.5. The van der Waals surface area contributed by atoms with Gasteiger partial charge in [-0.25, -0.2) is 0 Å². The Labute approximate surface area is 154 Å². The van der Waals surface area contributed by atoms with Gasteiger partial charge in [0.05, 0.1) is 13.0 Å². The first-order valence-electron chi connectivity index (χ1n) is 9.33. The number of carbonyl (C=O) groups is 2. The molecule has 2 fully saturated rings. The van der Waals surface area contributed by atoms with Crippen LogP contribution in [0.4, 0.5) is 0 Å². The van der Waals surface area contributed by atoms with E-state index in [0.717, 1.165) is 30.6 Å². The highest BCUT2D eigenvalue weighted by atomic mass is 16.5. The smallest absolute Gasteiger partial charge is 0.225 e. The Kier molecular flexibility index (Phi) is 6.14. The van der Waals surface area contributed by atoms with E-state index in [1.54, 1.807) is 14.2 Å². The van der Waals surface area contributed by atoms with Crippen molar-refractivity contribution in [2.45, 2.75) is 25.2 Å². The Morgan fingerprint density at radius 3 is 2.50 bits per heavy atom. The normalized spacial score (nSPS) is 22.3. The van der Waals surface area contributed by atoms with Crippen molar-refractivity contribution in [1.29, 1.82) is 0 Å². The van der Waals surface area contributed by atoms with E-state index in [-0.39, 0.29) is 29.6 Å². The number of methoxy groups -OCH3 is 2. The van der Waals surface area contributed by atoms with Crippen molar-refractivity contribution < 1.29 is 19.1 Å². The lowest BCUT2D eigenvalue weighted by Crippen LogP contribution is -2.36. The topological polar surface area (TPSA) is 67.9 Å². The minimum Gasteiger partial charge on any atom is -0.497 e. The summed E-state index contributed by atoms with van der Waals surface area (Å²) >= 11 is 0. The fourth-order valence-corrected chi connectivity index (χ4v) is 3.59. The van der Waals surface area contributed by atoms with Crippen LogP contribution in [0.1, 0.15) is 30.7 Å². The number of rotatable bonds is 8. The highest BCUT2D eigenvalue weighted by Gasteiger charge is 2.43. The van der Waals surface area contributed by atoms with Crippen LogP contribution in [0.15, 0.2) is 24.3 Å². The maximum absolute atomic E-state index is 12.8. The fourth-order valence-electron chi connectivity index (χ4n) is 3.59. The summed E-state index contributed by atoms with van der Waals surface area (Å²) in [5.41, 5.74) is 1.08. The third-order valence-electron chi connectivity index (χ3n) is 5.26. The number of nitrogens with zero attached hydrogens (tertiary/aromatic N) is 1. The molecule has 2 aliphatic rings. The van der Waals surface area contributed by atoms with Crippen molar-refractivity contribution in [3.8, 4) is 5.75 Å². The number of amides is 2. The highest BCUT2D eigenvalue weighted by molar-refractivity contribution is 5.85. The Bertz CT molecular complexity index is 627. The van der Waals surface area contributed by atoms with Crippen LogP contribution in [-0.4, -0.2) is 57.2 Å². The Morgan fingerprint density at radius 2 is 1.88 bits per heavy atom. The summed E-state index contributed by atoms with van der Waals surface area (Å²) in [6.45, 7) is 2.33. The Hall–Kier alpha value is -2.08. The minimum atomic E-state index is -0.214. The zero-order valence-corrected chi connectivity index (χ0v) is 15.6. The molecule has 1 heterocycles. The van der Waals surface area contributed by atoms with Crippen molar-refractivity contribution in [3.63, 3.8) is 0 Å². The molecule has 2 amide bonds. The lowest BCUT2D eigenvalue weighted by Gasteiger charge is -2.18. The number of ether oxygens (including phenoxy) is 2. The van der Waals surface area contributed by atoms with Gasteiger partial charge < -0.3 is 19.7 Å². The van der Waals surface area contributed by atoms with Crippen LogP contribution >= 0.6 is 0 Å². The molecular weight excluding hydrogens is 332 g/mol. The Morgan fingerprint density at radius 1 is 1.15 bits per heavy atom. The average molecular weight is 360 g/mol. The summed E-state index contributed by atoms with van der Waals surface area (Å²) in [6.07, 6.45) is 2.75. The molecule has 0 aromatic heterocycles. The number of likely N-dealkylation sites (tertiary alicyclic amines) is 1. The fraction of sp³-hybridized carbons (Fsp3) is 0.600. The van der Waals surface area contributed by atoms with E-state index in [9.17, 15) is 9.59 Å². The molecule has 2 unspecified atom stereocenters. The van der Waals surface area contributed by atoms with Crippen LogP contribution in [-0.2, 0) is 14.3 Å². The molecule has 1 aromatic rings. The van der Waals surface area contributed by atoms with Gasteiger partial charge in [0, 0.05) is 45.2 Å². The van der Waals surface area contributed by atoms with Crippen molar-refractivity contribution in [1.82, 2.24) is 10.2 Å². The van der Waals surface area contributed by atoms with Gasteiger partial charge in [-0.15, -0.1) is 0 Å². The number of hydrogen-bond acceptors (Lipinski definition) is 4. The van der Waals surface area contributed by atoms with E-state index in [2.05, 4.69) is 5.32 Å². The molecule has 6 heteroatoms. The van der Waals surface area contributed by atoms with Crippen molar-refractivity contribution in [2.24, 2.45) is 11.8 Å². The molecule has 1 aliphatic carbocycles. The molecule has 2 atom stereocenters. The van der Waals surface area contributed by atoms with Crippen LogP contribution in [0.3, 0.4) is 0 Å². The van der Waals surface area contributed by atoms with Crippen LogP contribution < -0.4 is 10.1 Å². The van der Waals surface area contributed by atoms with E-state index < -0.39 is 0 Å². The lowest BCUT2D eigenvalue weighted by molar-refractivity contribution is -0.132. The molecular formula is C20H28N2O4. The number of benzene rings is 1. The van der Waals surface area contributed by atoms with Crippen LogP contribution in [0.5, 0.6) is 5.75 Å². The summed E-state index contributed by atoms with van der Waals surface area (Å²) in [4.78, 5) is 27.1. The van der Waals surface area contributed by atoms with Gasteiger partial charge in [0.1, 0.15) is 5.75 Å². The summed E-state index contributed by atoms with van der Waals surface area (Å²) in [6, 6.07) is 7.82. The van der Waals surface area contributed by atoms with E-state index in [0.29, 0.717) is 26.2 Å². The molecule has 1 aliphatic heterocycles. The zero-order valence-electron chi connectivity index (χ0n) is 15.6. The molecule has 1 N–H and O–H groups in total. The molecule has 0 radical (unpaired) electrons. The van der Waals surface area contributed by atoms with E-state index >= 15 is 0 Å². The van der Waals surface area contributed by atoms with Gasteiger partial charge in [-0.05, 0) is 37.0 Å². The number of nitrogens with one attached hydrogen (secondary N) is 1. The van der Waals surface area contributed by atoms with E-state index in [4.69, 9.17) is 9.47 Å². The minimum absolute atomic E-state index is 0.0195. The molecule has 26 heavy (non-hydrogen) atoms. The van der Waals surface area contributed by atoms with Gasteiger partial charge in [0.2, 0.25) is 11.8 Å². The summed E-state index contributed by atoms with van der Waals surface area (Å²) < 4.78 is 10.3. The maximum Gasteiger partial charge on any atom is 0.225 e. The SMILES string of the molecule is COCCCNC(=O)C1CN(C(=O)C2CC2)CC1c1ccc(OC)cc1. The lowest BCUT2D eigenvalue weighted by atomic mass is 9.88. The standard InChI is InChI=1S/C20H28N2O4/c1-25-11-3-10-21-19(23)18-13-22(20(24)15-4-5-15)12-17(18)14-6-8-16(26-2)9-7-14/h6-9,15,17-18H,3-5,10-13H2,1-2H3,(H,21,23). The quantitative estimate of drug-likeness (QED) is 0.718. The summed E-state index contributed by atoms with van der Waals surface area (Å²) in [7, 11) is 3.29. The summed E-state index contributed by atoms with van der Waals surface area (Å²) in [5.74, 6) is 0.999. The van der Waals surface area contributed by atoms with Crippen LogP contribution in [0, 0.1) is 11.8 Å². The molecule has 1 saturated heterocycles. The highest BCUT2D eigenvalue weighted by Crippen LogP contribution is 2.38. The van der Waals surface area contributed by atoms with Crippen LogP contribution in [0.25, 0.3) is 0 Å². The largest absolute Gasteiger partial charge is 0.497 e. The first-order chi connectivity index (χ1) is 12.6. The van der Waals surface area contributed by atoms with Crippen molar-refractivity contribution in [2.75, 3.05) is 40.5 Å². The number of hydrogen-bond donors (Lipinski definition) is 1. The van der Waals surface area contributed by atoms with Crippen molar-refractivity contribution in [3.05, 3.63) is 29.8 Å². The molecule has 1 aromatic carbocycles. The number of carbonyl (C=O) groups excluding carboxylic acids is 2. The summed E-state index contributed by atoms with van der Waals surface area (Å²) in [5, 5.41) is 3.00. The van der Waals surface area contributed by atoms with Gasteiger partial charge in [-0.1, -0.05) is 12.1 Å². The second-order valence-electron chi connectivity index (χ2n) is 7.14. The first kappa shape index (κ1) is 18.7. The molecule has 1 saturated carbocycles. The predicted octanol–water partition coefficient (Wildman–Crippen LogP) is 1.80. The second-order valence-corrected chi connectivity index (χ2v) is 7.14. The Balaban J connectivity index is 1.70. The molecule has 142 valence electrons. The van der Waals surface area contributed by atoms with E-state index in [1.165, 1.54) is 0 Å². The molecule has 3 rings (SSSR count). The van der Waals surface area contributed by atoms with Crippen LogP contribution in [0.2, 0.25) is 0 Å². The molecule has 0 spiro atoms. The van der Waals surface area contributed by atoms with Gasteiger partial charge in [0.15, 0.2) is 0 Å². The third-order valence-corrected chi connectivity index (χ3v) is 5.26. The first-order valence-corrected chi connectivity index (χ1v) is 9.33. The predicted molar refractivity (Wildman–Crippen MR) is 98.0 cm³/mol. The molecule has 0 bridgehead atoms. The van der Waals surface area contributed by atoms with Gasteiger partial charge in [-0.3, -0.25) is 9.59 Å². The van der Waals surface area contributed by atoms with Gasteiger partial charge in [-0.2, -0.15) is 0 Å². The van der Waals surface area contributed by atoms with E-state index in [1.807, 2.05) is 29.2 Å². The monoisotopic (exact) mass is 360 g/mol. The van der Waals surface area contributed by atoms with Crippen molar-refractivity contribution >= 4 is 11.8 Å². The third kappa shape index (κ3) is 4.36. The maximum atomic E-state index is 12.8.